The summed E-state index contributed by atoms with van der Waals surface area (Å²) in [4.78, 5) is 22.4. The van der Waals surface area contributed by atoms with Crippen LogP contribution in [0.4, 0.5) is 0 Å². The molecule has 2 N–H and O–H groups in total. The maximum atomic E-state index is 11.2. The number of aliphatic carboxylic acids is 2. The minimum atomic E-state index is -0.726. The van der Waals surface area contributed by atoms with E-state index < -0.39 is 11.9 Å². The van der Waals surface area contributed by atoms with Gasteiger partial charge in [0.1, 0.15) is 0 Å². The van der Waals surface area contributed by atoms with Gasteiger partial charge in [-0.3, -0.25) is 9.59 Å². The van der Waals surface area contributed by atoms with Gasteiger partial charge in [0, 0.05) is 0 Å². The van der Waals surface area contributed by atoms with Crippen LogP contribution in [0.1, 0.15) is 58.3 Å². The molecule has 0 amide bonds. The lowest BCUT2D eigenvalue weighted by atomic mass is 9.39. The molecule has 0 aliphatic heterocycles. The van der Waals surface area contributed by atoms with Crippen LogP contribution < -0.4 is 0 Å². The number of rotatable bonds is 4. The van der Waals surface area contributed by atoms with Gasteiger partial charge in [0.05, 0.1) is 12.8 Å². The number of carboxylic acids is 2. The average Bonchev–Trinajstić information content (AvgIpc) is 2.06. The van der Waals surface area contributed by atoms with Crippen LogP contribution in [-0.2, 0) is 9.59 Å². The van der Waals surface area contributed by atoms with Gasteiger partial charge in [-0.25, -0.2) is 0 Å². The molecule has 0 aromatic rings. The normalized spacial score (nSPS) is 47.3. The lowest BCUT2D eigenvalue weighted by Crippen LogP contribution is -2.56. The van der Waals surface area contributed by atoms with Crippen LogP contribution in [0, 0.1) is 22.2 Å². The van der Waals surface area contributed by atoms with Crippen LogP contribution in [0.25, 0.3) is 0 Å². The molecular weight excluding hydrogens is 244 g/mol. The van der Waals surface area contributed by atoms with Gasteiger partial charge in [0.15, 0.2) is 0 Å². The topological polar surface area (TPSA) is 74.6 Å². The van der Waals surface area contributed by atoms with Crippen LogP contribution in [-0.4, -0.2) is 22.2 Å². The highest BCUT2D eigenvalue weighted by Crippen LogP contribution is 2.71. The van der Waals surface area contributed by atoms with Gasteiger partial charge in [-0.1, -0.05) is 6.92 Å². The summed E-state index contributed by atoms with van der Waals surface area (Å²) in [6.45, 7) is 2.24. The zero-order chi connectivity index (χ0) is 13.9. The van der Waals surface area contributed by atoms with E-state index in [1.165, 1.54) is 0 Å². The van der Waals surface area contributed by atoms with Crippen molar-refractivity contribution < 1.29 is 19.8 Å². The summed E-state index contributed by atoms with van der Waals surface area (Å²) in [5.41, 5.74) is -0.0881. The monoisotopic (exact) mass is 266 g/mol. The number of carboxylic acid groups (broad SMARTS) is 2. The highest BCUT2D eigenvalue weighted by molar-refractivity contribution is 5.69. The van der Waals surface area contributed by atoms with Crippen LogP contribution >= 0.6 is 0 Å². The maximum Gasteiger partial charge on any atom is 0.303 e. The molecule has 4 aliphatic carbocycles. The Kier molecular flexibility index (Phi) is 2.55. The second kappa shape index (κ2) is 3.74. The Labute approximate surface area is 113 Å². The van der Waals surface area contributed by atoms with Crippen LogP contribution in [0.5, 0.6) is 0 Å². The van der Waals surface area contributed by atoms with Crippen molar-refractivity contribution in [3.63, 3.8) is 0 Å². The van der Waals surface area contributed by atoms with Gasteiger partial charge < -0.3 is 10.2 Å². The van der Waals surface area contributed by atoms with Gasteiger partial charge in [0.2, 0.25) is 0 Å². The minimum Gasteiger partial charge on any atom is -0.481 e. The Morgan fingerprint density at radius 1 is 0.947 bits per heavy atom. The van der Waals surface area contributed by atoms with Crippen molar-refractivity contribution in [2.24, 2.45) is 22.2 Å². The SMILES string of the molecule is CC12CC3C[C@](CC(=O)O)(C1)C[C@](CC(=O)O)(C3)C2. The minimum absolute atomic E-state index is 0.130. The van der Waals surface area contributed by atoms with Crippen molar-refractivity contribution in [2.45, 2.75) is 58.3 Å². The van der Waals surface area contributed by atoms with E-state index in [0.29, 0.717) is 5.92 Å². The van der Waals surface area contributed by atoms with E-state index in [4.69, 9.17) is 0 Å². The molecule has 19 heavy (non-hydrogen) atoms. The summed E-state index contributed by atoms with van der Waals surface area (Å²) in [6.07, 6.45) is 6.36. The largest absolute Gasteiger partial charge is 0.481 e. The third-order valence-corrected chi connectivity index (χ3v) is 5.63. The Hall–Kier alpha value is -1.06. The molecule has 4 rings (SSSR count). The van der Waals surface area contributed by atoms with E-state index in [-0.39, 0.29) is 29.1 Å². The first kappa shape index (κ1) is 12.9. The van der Waals surface area contributed by atoms with E-state index in [0.717, 1.165) is 38.5 Å². The van der Waals surface area contributed by atoms with Gasteiger partial charge in [-0.05, 0) is 60.7 Å². The molecule has 4 fully saturated rings. The molecule has 0 aromatic carbocycles. The van der Waals surface area contributed by atoms with E-state index in [1.807, 2.05) is 0 Å². The Balaban J connectivity index is 1.94. The molecule has 106 valence electrons. The third kappa shape index (κ3) is 2.15. The van der Waals surface area contributed by atoms with E-state index in [2.05, 4.69) is 6.92 Å². The average molecular weight is 266 g/mol. The van der Waals surface area contributed by atoms with Gasteiger partial charge in [-0.2, -0.15) is 0 Å². The Morgan fingerprint density at radius 2 is 1.42 bits per heavy atom. The molecule has 0 unspecified atom stereocenters. The fraction of sp³-hybridized carbons (Fsp3) is 0.867. The summed E-state index contributed by atoms with van der Waals surface area (Å²) in [6, 6.07) is 0. The molecule has 0 heterocycles. The Bertz CT molecular complexity index is 409. The first-order valence-electron chi connectivity index (χ1n) is 7.18. The predicted molar refractivity (Wildman–Crippen MR) is 68.7 cm³/mol. The highest BCUT2D eigenvalue weighted by atomic mass is 16.4. The van der Waals surface area contributed by atoms with Gasteiger partial charge in [0.25, 0.3) is 0 Å². The van der Waals surface area contributed by atoms with Gasteiger partial charge >= 0.3 is 11.9 Å². The number of hydrogen-bond donors (Lipinski definition) is 2. The molecule has 0 aromatic heterocycles. The Morgan fingerprint density at radius 3 is 1.79 bits per heavy atom. The molecule has 2 atom stereocenters. The van der Waals surface area contributed by atoms with Crippen molar-refractivity contribution >= 4 is 11.9 Å². The summed E-state index contributed by atoms with van der Waals surface area (Å²) in [7, 11) is 0. The van der Waals surface area contributed by atoms with Crippen molar-refractivity contribution in [1.29, 1.82) is 0 Å². The number of carbonyl (C=O) groups is 2. The highest BCUT2D eigenvalue weighted by Gasteiger charge is 2.62. The quantitative estimate of drug-likeness (QED) is 0.820. The van der Waals surface area contributed by atoms with Gasteiger partial charge in [-0.15, -0.1) is 0 Å². The van der Waals surface area contributed by atoms with Crippen molar-refractivity contribution in [1.82, 2.24) is 0 Å². The van der Waals surface area contributed by atoms with E-state index >= 15 is 0 Å². The zero-order valence-corrected chi connectivity index (χ0v) is 11.4. The molecule has 4 bridgehead atoms. The molecule has 4 aliphatic rings. The zero-order valence-electron chi connectivity index (χ0n) is 11.4. The van der Waals surface area contributed by atoms with Crippen molar-refractivity contribution in [2.75, 3.05) is 0 Å². The van der Waals surface area contributed by atoms with E-state index in [1.54, 1.807) is 0 Å². The summed E-state index contributed by atoms with van der Waals surface area (Å²) in [5, 5.41) is 18.4. The maximum absolute atomic E-state index is 11.2. The van der Waals surface area contributed by atoms with Crippen LogP contribution in [0.15, 0.2) is 0 Å². The second-order valence-electron chi connectivity index (χ2n) is 7.96. The van der Waals surface area contributed by atoms with E-state index in [9.17, 15) is 19.8 Å². The molecule has 0 radical (unpaired) electrons. The van der Waals surface area contributed by atoms with Crippen molar-refractivity contribution in [3.8, 4) is 0 Å². The lowest BCUT2D eigenvalue weighted by Gasteiger charge is -2.65. The van der Waals surface area contributed by atoms with Crippen LogP contribution in [0.3, 0.4) is 0 Å². The molecule has 0 saturated heterocycles. The molecule has 4 saturated carbocycles. The first-order chi connectivity index (χ1) is 8.74. The molecule has 4 nitrogen and oxygen atoms in total. The number of hydrogen-bond acceptors (Lipinski definition) is 2. The fourth-order valence-corrected chi connectivity index (χ4v) is 6.40. The third-order valence-electron chi connectivity index (χ3n) is 5.63. The molecule has 4 heteroatoms. The lowest BCUT2D eigenvalue weighted by molar-refractivity contribution is -0.176. The molecular formula is C15H22O4. The fourth-order valence-electron chi connectivity index (χ4n) is 6.40. The summed E-state index contributed by atoms with van der Waals surface area (Å²) >= 11 is 0. The first-order valence-corrected chi connectivity index (χ1v) is 7.18. The summed E-state index contributed by atoms with van der Waals surface area (Å²) < 4.78 is 0. The smallest absolute Gasteiger partial charge is 0.303 e. The molecule has 0 spiro atoms. The summed E-state index contributed by atoms with van der Waals surface area (Å²) in [5.74, 6) is -0.910. The second-order valence-corrected chi connectivity index (χ2v) is 7.96. The van der Waals surface area contributed by atoms with Crippen LogP contribution in [0.2, 0.25) is 0 Å². The standard InChI is InChI=1S/C15H22O4/c1-13-2-10-3-14(7-13,5-11(16)17)9-15(4-10,8-13)6-12(18)19/h10H,2-9H2,1H3,(H,16,17)(H,18,19)/t10?,13?,14-,15-/m0/s1. The van der Waals surface area contributed by atoms with Crippen molar-refractivity contribution in [3.05, 3.63) is 0 Å². The predicted octanol–water partition coefficient (Wildman–Crippen LogP) is 2.91.